The lowest BCUT2D eigenvalue weighted by Crippen LogP contribution is -2.54. The number of alkyl carbamates (subject to hydrolysis) is 1. The SMILES string of the molecule is CCCCNC(=O)C(c1ccc(O)c(C)c1)N(CCCC)C(=O)C(Cc1ccccc1)NC(=O)OC(C)(C)C. The normalized spacial score (nSPS) is 12.8. The second kappa shape index (κ2) is 15.1. The number of nitrogens with one attached hydrogen (secondary N) is 2. The number of carbonyl (C=O) groups is 3. The van der Waals surface area contributed by atoms with Crippen LogP contribution in [0.25, 0.3) is 0 Å². The molecule has 2 atom stereocenters. The van der Waals surface area contributed by atoms with Crippen LogP contribution in [-0.4, -0.2) is 52.6 Å². The van der Waals surface area contributed by atoms with Crippen LogP contribution in [0.5, 0.6) is 5.75 Å². The van der Waals surface area contributed by atoms with E-state index in [0.29, 0.717) is 30.6 Å². The van der Waals surface area contributed by atoms with Gasteiger partial charge in [0.2, 0.25) is 11.8 Å². The second-order valence-electron chi connectivity index (χ2n) is 10.9. The molecule has 0 saturated heterocycles. The molecule has 39 heavy (non-hydrogen) atoms. The van der Waals surface area contributed by atoms with Crippen molar-refractivity contribution in [2.45, 2.75) is 91.3 Å². The van der Waals surface area contributed by atoms with Crippen LogP contribution in [0, 0.1) is 6.92 Å². The maximum absolute atomic E-state index is 14.3. The molecule has 214 valence electrons. The Balaban J connectivity index is 2.53. The first kappa shape index (κ1) is 31.7. The smallest absolute Gasteiger partial charge is 0.408 e. The third kappa shape index (κ3) is 10.3. The van der Waals surface area contributed by atoms with Gasteiger partial charge in [0.05, 0.1) is 0 Å². The van der Waals surface area contributed by atoms with Crippen LogP contribution in [0.2, 0.25) is 0 Å². The van der Waals surface area contributed by atoms with E-state index in [1.807, 2.05) is 44.2 Å². The van der Waals surface area contributed by atoms with Gasteiger partial charge in [-0.3, -0.25) is 9.59 Å². The molecular weight excluding hydrogens is 494 g/mol. The molecule has 0 spiro atoms. The highest BCUT2D eigenvalue weighted by atomic mass is 16.6. The minimum absolute atomic E-state index is 0.115. The second-order valence-corrected chi connectivity index (χ2v) is 10.9. The molecule has 0 bridgehead atoms. The van der Waals surface area contributed by atoms with Gasteiger partial charge < -0.3 is 25.4 Å². The van der Waals surface area contributed by atoms with E-state index in [4.69, 9.17) is 4.74 Å². The number of aryl methyl sites for hydroxylation is 1. The van der Waals surface area contributed by atoms with Crippen LogP contribution in [0.4, 0.5) is 4.79 Å². The molecule has 2 rings (SSSR count). The Hall–Kier alpha value is -3.55. The predicted molar refractivity (Wildman–Crippen MR) is 153 cm³/mol. The van der Waals surface area contributed by atoms with Crippen molar-refractivity contribution >= 4 is 17.9 Å². The molecule has 2 unspecified atom stereocenters. The molecule has 3 N–H and O–H groups in total. The van der Waals surface area contributed by atoms with Gasteiger partial charge in [-0.15, -0.1) is 0 Å². The zero-order chi connectivity index (χ0) is 29.0. The molecule has 0 radical (unpaired) electrons. The molecule has 8 heteroatoms. The average Bonchev–Trinajstić information content (AvgIpc) is 2.87. The molecular formula is C31H45N3O5. The number of amides is 3. The Bertz CT molecular complexity index is 1080. The monoisotopic (exact) mass is 539 g/mol. The summed E-state index contributed by atoms with van der Waals surface area (Å²) in [7, 11) is 0. The van der Waals surface area contributed by atoms with Crippen molar-refractivity contribution in [1.29, 1.82) is 0 Å². The van der Waals surface area contributed by atoms with Crippen molar-refractivity contribution in [2.75, 3.05) is 13.1 Å². The van der Waals surface area contributed by atoms with Gasteiger partial charge in [0, 0.05) is 19.5 Å². The lowest BCUT2D eigenvalue weighted by molar-refractivity contribution is -0.142. The molecule has 0 aliphatic carbocycles. The van der Waals surface area contributed by atoms with Crippen molar-refractivity contribution in [3.05, 3.63) is 65.2 Å². The largest absolute Gasteiger partial charge is 0.508 e. The minimum Gasteiger partial charge on any atom is -0.508 e. The van der Waals surface area contributed by atoms with E-state index in [-0.39, 0.29) is 24.0 Å². The van der Waals surface area contributed by atoms with Crippen molar-refractivity contribution in [3.8, 4) is 5.75 Å². The summed E-state index contributed by atoms with van der Waals surface area (Å²) in [5, 5.41) is 15.9. The van der Waals surface area contributed by atoms with E-state index >= 15 is 0 Å². The number of hydrogen-bond donors (Lipinski definition) is 3. The van der Waals surface area contributed by atoms with Crippen LogP contribution in [-0.2, 0) is 20.7 Å². The van der Waals surface area contributed by atoms with Crippen LogP contribution in [0.15, 0.2) is 48.5 Å². The number of unbranched alkanes of at least 4 members (excludes halogenated alkanes) is 2. The Morgan fingerprint density at radius 3 is 2.26 bits per heavy atom. The Labute approximate surface area is 233 Å². The summed E-state index contributed by atoms with van der Waals surface area (Å²) in [4.78, 5) is 42.3. The lowest BCUT2D eigenvalue weighted by atomic mass is 9.98. The number of ether oxygens (including phenoxy) is 1. The van der Waals surface area contributed by atoms with Crippen LogP contribution < -0.4 is 10.6 Å². The number of carbonyl (C=O) groups excluding carboxylic acids is 3. The van der Waals surface area contributed by atoms with E-state index < -0.39 is 23.8 Å². The van der Waals surface area contributed by atoms with Gasteiger partial charge in [-0.2, -0.15) is 0 Å². The number of phenols is 1. The van der Waals surface area contributed by atoms with Crippen molar-refractivity contribution in [3.63, 3.8) is 0 Å². The Morgan fingerprint density at radius 1 is 1.00 bits per heavy atom. The van der Waals surface area contributed by atoms with Crippen molar-refractivity contribution in [2.24, 2.45) is 0 Å². The van der Waals surface area contributed by atoms with E-state index in [9.17, 15) is 19.5 Å². The van der Waals surface area contributed by atoms with Crippen molar-refractivity contribution < 1.29 is 24.2 Å². The third-order valence-electron chi connectivity index (χ3n) is 6.23. The number of nitrogens with zero attached hydrogens (tertiary/aromatic N) is 1. The highest BCUT2D eigenvalue weighted by molar-refractivity contribution is 5.92. The topological polar surface area (TPSA) is 108 Å². The molecule has 0 fully saturated rings. The van der Waals surface area contributed by atoms with E-state index in [1.165, 1.54) is 0 Å². The molecule has 0 heterocycles. The Kier molecular flexibility index (Phi) is 12.3. The zero-order valence-electron chi connectivity index (χ0n) is 24.3. The molecule has 8 nitrogen and oxygen atoms in total. The van der Waals surface area contributed by atoms with Crippen LogP contribution in [0.3, 0.4) is 0 Å². The summed E-state index contributed by atoms with van der Waals surface area (Å²) in [5.41, 5.74) is 1.33. The van der Waals surface area contributed by atoms with E-state index in [0.717, 1.165) is 24.8 Å². The summed E-state index contributed by atoms with van der Waals surface area (Å²) in [6.45, 7) is 11.9. The maximum Gasteiger partial charge on any atom is 0.408 e. The van der Waals surface area contributed by atoms with E-state index in [2.05, 4.69) is 10.6 Å². The first-order valence-electron chi connectivity index (χ1n) is 13.9. The van der Waals surface area contributed by atoms with Gasteiger partial charge in [0.25, 0.3) is 0 Å². The van der Waals surface area contributed by atoms with Gasteiger partial charge in [-0.1, -0.05) is 63.1 Å². The summed E-state index contributed by atoms with van der Waals surface area (Å²) >= 11 is 0. The number of benzene rings is 2. The van der Waals surface area contributed by atoms with Crippen LogP contribution >= 0.6 is 0 Å². The summed E-state index contributed by atoms with van der Waals surface area (Å²) in [5.74, 6) is -0.558. The fourth-order valence-electron chi connectivity index (χ4n) is 4.20. The zero-order valence-corrected chi connectivity index (χ0v) is 24.3. The number of phenolic OH excluding ortho intramolecular Hbond substituents is 1. The summed E-state index contributed by atoms with van der Waals surface area (Å²) in [6.07, 6.45) is 2.75. The fraction of sp³-hybridized carbons (Fsp3) is 0.516. The third-order valence-corrected chi connectivity index (χ3v) is 6.23. The first-order valence-corrected chi connectivity index (χ1v) is 13.9. The molecule has 0 aromatic heterocycles. The molecule has 2 aromatic rings. The lowest BCUT2D eigenvalue weighted by Gasteiger charge is -2.35. The number of rotatable bonds is 13. The summed E-state index contributed by atoms with van der Waals surface area (Å²) < 4.78 is 5.48. The van der Waals surface area contributed by atoms with Crippen molar-refractivity contribution in [1.82, 2.24) is 15.5 Å². The highest BCUT2D eigenvalue weighted by Crippen LogP contribution is 2.28. The fourth-order valence-corrected chi connectivity index (χ4v) is 4.20. The van der Waals surface area contributed by atoms with Crippen LogP contribution in [0.1, 0.15) is 83.0 Å². The predicted octanol–water partition coefficient (Wildman–Crippen LogP) is 5.42. The van der Waals surface area contributed by atoms with Gasteiger partial charge in [-0.05, 0) is 69.4 Å². The highest BCUT2D eigenvalue weighted by Gasteiger charge is 2.36. The van der Waals surface area contributed by atoms with Gasteiger partial charge >= 0.3 is 6.09 Å². The molecule has 3 amide bonds. The van der Waals surface area contributed by atoms with Gasteiger partial charge in [0.15, 0.2) is 0 Å². The average molecular weight is 540 g/mol. The Morgan fingerprint density at radius 2 is 1.67 bits per heavy atom. The number of hydrogen-bond acceptors (Lipinski definition) is 5. The standard InChI is InChI=1S/C31H45N3O5/c1-7-9-18-32-28(36)27(24-16-17-26(35)22(3)20-24)34(19-10-8-2)29(37)25(21-23-14-12-11-13-15-23)33-30(38)39-31(4,5)6/h11-17,20,25,27,35H,7-10,18-19,21H2,1-6H3,(H,32,36)(H,33,38). The summed E-state index contributed by atoms with van der Waals surface area (Å²) in [6, 6.07) is 12.5. The molecule has 2 aromatic carbocycles. The van der Waals surface area contributed by atoms with E-state index in [1.54, 1.807) is 50.8 Å². The van der Waals surface area contributed by atoms with Gasteiger partial charge in [-0.25, -0.2) is 4.79 Å². The number of aromatic hydroxyl groups is 1. The minimum atomic E-state index is -0.955. The van der Waals surface area contributed by atoms with Gasteiger partial charge in [0.1, 0.15) is 23.4 Å². The quantitative estimate of drug-likeness (QED) is 0.295. The molecule has 0 saturated carbocycles. The molecule has 0 aliphatic heterocycles. The molecule has 0 aliphatic rings. The first-order chi connectivity index (χ1) is 18.5. The maximum atomic E-state index is 14.3.